The summed E-state index contributed by atoms with van der Waals surface area (Å²) in [6, 6.07) is 5.42. The van der Waals surface area contributed by atoms with Crippen molar-refractivity contribution in [3.63, 3.8) is 0 Å². The number of nitrogens with one attached hydrogen (secondary N) is 3. The Morgan fingerprint density at radius 2 is 2.04 bits per heavy atom. The Labute approximate surface area is 166 Å². The molecule has 0 spiro atoms. The SMILES string of the molecule is COCC1(CNC(=O)c2cccc(N3CCNC3=O)c2C)CCNCC1.Cl. The second-order valence-electron chi connectivity index (χ2n) is 7.20. The fourth-order valence-corrected chi connectivity index (χ4v) is 3.86. The second kappa shape index (κ2) is 9.39. The minimum atomic E-state index is -0.112. The molecule has 2 aliphatic rings. The lowest BCUT2D eigenvalue weighted by Gasteiger charge is -2.37. The van der Waals surface area contributed by atoms with Gasteiger partial charge >= 0.3 is 6.03 Å². The molecular weight excluding hydrogens is 368 g/mol. The molecule has 2 heterocycles. The quantitative estimate of drug-likeness (QED) is 0.683. The van der Waals surface area contributed by atoms with E-state index in [1.165, 1.54) is 0 Å². The maximum absolute atomic E-state index is 12.8. The zero-order valence-electron chi connectivity index (χ0n) is 16.0. The average molecular weight is 397 g/mol. The zero-order valence-corrected chi connectivity index (χ0v) is 16.8. The van der Waals surface area contributed by atoms with Gasteiger partial charge in [0.2, 0.25) is 0 Å². The number of carbonyl (C=O) groups excluding carboxylic acids is 2. The van der Waals surface area contributed by atoms with Crippen molar-refractivity contribution in [3.05, 3.63) is 29.3 Å². The van der Waals surface area contributed by atoms with Crippen LogP contribution in [-0.2, 0) is 4.74 Å². The van der Waals surface area contributed by atoms with E-state index in [0.717, 1.165) is 37.2 Å². The van der Waals surface area contributed by atoms with Crippen molar-refractivity contribution in [1.29, 1.82) is 0 Å². The Kier molecular flexibility index (Phi) is 7.47. The van der Waals surface area contributed by atoms with Gasteiger partial charge in [0.05, 0.1) is 6.61 Å². The molecule has 7 nitrogen and oxygen atoms in total. The van der Waals surface area contributed by atoms with Crippen molar-refractivity contribution in [1.82, 2.24) is 16.0 Å². The molecule has 0 atom stereocenters. The van der Waals surface area contributed by atoms with E-state index in [1.807, 2.05) is 25.1 Å². The van der Waals surface area contributed by atoms with Crippen LogP contribution >= 0.6 is 12.4 Å². The maximum atomic E-state index is 12.8. The summed E-state index contributed by atoms with van der Waals surface area (Å²) in [7, 11) is 1.71. The molecule has 150 valence electrons. The first kappa shape index (κ1) is 21.5. The standard InChI is InChI=1S/C19H28N4O3.ClH/c1-14-15(4-3-5-16(14)23-11-10-21-18(23)25)17(24)22-12-19(13-26-2)6-8-20-9-7-19;/h3-5,20H,6-13H2,1-2H3,(H,21,25)(H,22,24);1H. The monoisotopic (exact) mass is 396 g/mol. The molecule has 27 heavy (non-hydrogen) atoms. The van der Waals surface area contributed by atoms with Crippen molar-refractivity contribution >= 4 is 30.0 Å². The third-order valence-electron chi connectivity index (χ3n) is 5.44. The lowest BCUT2D eigenvalue weighted by atomic mass is 9.79. The van der Waals surface area contributed by atoms with Crippen LogP contribution in [-0.4, -0.2) is 58.4 Å². The Morgan fingerprint density at radius 1 is 1.30 bits per heavy atom. The number of hydrogen-bond donors (Lipinski definition) is 3. The van der Waals surface area contributed by atoms with Gasteiger partial charge in [-0.05, 0) is 50.6 Å². The minimum Gasteiger partial charge on any atom is -0.384 e. The highest BCUT2D eigenvalue weighted by Gasteiger charge is 2.33. The number of rotatable bonds is 6. The lowest BCUT2D eigenvalue weighted by Crippen LogP contribution is -2.47. The molecule has 2 aliphatic heterocycles. The van der Waals surface area contributed by atoms with Crippen LogP contribution < -0.4 is 20.9 Å². The number of amides is 3. The number of carbonyl (C=O) groups is 2. The summed E-state index contributed by atoms with van der Waals surface area (Å²) >= 11 is 0. The summed E-state index contributed by atoms with van der Waals surface area (Å²) in [4.78, 5) is 26.5. The highest BCUT2D eigenvalue weighted by atomic mass is 35.5. The van der Waals surface area contributed by atoms with Crippen LogP contribution in [0.3, 0.4) is 0 Å². The van der Waals surface area contributed by atoms with Crippen molar-refractivity contribution in [2.24, 2.45) is 5.41 Å². The molecule has 1 aromatic rings. The summed E-state index contributed by atoms with van der Waals surface area (Å²) < 4.78 is 5.41. The molecule has 0 saturated carbocycles. The van der Waals surface area contributed by atoms with Crippen LogP contribution in [0.2, 0.25) is 0 Å². The predicted molar refractivity (Wildman–Crippen MR) is 108 cm³/mol. The molecule has 3 N–H and O–H groups in total. The number of hydrogen-bond acceptors (Lipinski definition) is 4. The molecule has 0 radical (unpaired) electrons. The Bertz CT molecular complexity index is 671. The van der Waals surface area contributed by atoms with Gasteiger partial charge in [-0.15, -0.1) is 12.4 Å². The second-order valence-corrected chi connectivity index (χ2v) is 7.20. The van der Waals surface area contributed by atoms with E-state index in [-0.39, 0.29) is 29.8 Å². The van der Waals surface area contributed by atoms with Gasteiger partial charge in [-0.2, -0.15) is 0 Å². The molecule has 3 rings (SSSR count). The largest absolute Gasteiger partial charge is 0.384 e. The first-order valence-electron chi connectivity index (χ1n) is 9.19. The minimum absolute atomic E-state index is 0. The van der Waals surface area contributed by atoms with Gasteiger partial charge in [-0.25, -0.2) is 4.79 Å². The number of halogens is 1. The highest BCUT2D eigenvalue weighted by molar-refractivity contribution is 6.00. The van der Waals surface area contributed by atoms with E-state index in [1.54, 1.807) is 12.0 Å². The van der Waals surface area contributed by atoms with Crippen LogP contribution in [0.5, 0.6) is 0 Å². The Balaban J connectivity index is 0.00000261. The van der Waals surface area contributed by atoms with Crippen LogP contribution in [0.1, 0.15) is 28.8 Å². The van der Waals surface area contributed by atoms with E-state index in [4.69, 9.17) is 4.74 Å². The molecule has 0 aliphatic carbocycles. The van der Waals surface area contributed by atoms with Crippen LogP contribution in [0, 0.1) is 12.3 Å². The molecule has 0 unspecified atom stereocenters. The lowest BCUT2D eigenvalue weighted by molar-refractivity contribution is 0.0511. The van der Waals surface area contributed by atoms with Gasteiger partial charge in [0.15, 0.2) is 0 Å². The van der Waals surface area contributed by atoms with Crippen LogP contribution in [0.15, 0.2) is 18.2 Å². The summed E-state index contributed by atoms with van der Waals surface area (Å²) in [5.41, 5.74) is 2.22. The van der Waals surface area contributed by atoms with Gasteiger partial charge in [0, 0.05) is 43.4 Å². The first-order chi connectivity index (χ1) is 12.6. The Hall–Kier alpha value is -1.83. The smallest absolute Gasteiger partial charge is 0.322 e. The van der Waals surface area contributed by atoms with Crippen LogP contribution in [0.25, 0.3) is 0 Å². The normalized spacial score (nSPS) is 18.6. The van der Waals surface area contributed by atoms with E-state index in [9.17, 15) is 9.59 Å². The molecule has 2 fully saturated rings. The van der Waals surface area contributed by atoms with Gasteiger partial charge < -0.3 is 20.7 Å². The third-order valence-corrected chi connectivity index (χ3v) is 5.44. The Morgan fingerprint density at radius 3 is 2.67 bits per heavy atom. The summed E-state index contributed by atoms with van der Waals surface area (Å²) in [6.07, 6.45) is 1.96. The topological polar surface area (TPSA) is 82.7 Å². The summed E-state index contributed by atoms with van der Waals surface area (Å²) in [5, 5.41) is 9.25. The number of methoxy groups -OCH3 is 1. The first-order valence-corrected chi connectivity index (χ1v) is 9.19. The predicted octanol–water partition coefficient (Wildman–Crippen LogP) is 1.69. The number of anilines is 1. The van der Waals surface area contributed by atoms with Crippen molar-refractivity contribution < 1.29 is 14.3 Å². The highest BCUT2D eigenvalue weighted by Crippen LogP contribution is 2.29. The maximum Gasteiger partial charge on any atom is 0.322 e. The molecule has 1 aromatic carbocycles. The van der Waals surface area contributed by atoms with Crippen LogP contribution in [0.4, 0.5) is 10.5 Å². The number of piperidine rings is 1. The van der Waals surface area contributed by atoms with Gasteiger partial charge in [-0.1, -0.05) is 6.07 Å². The van der Waals surface area contributed by atoms with E-state index in [2.05, 4.69) is 16.0 Å². The number of nitrogens with zero attached hydrogens (tertiary/aromatic N) is 1. The average Bonchev–Trinajstić information content (AvgIpc) is 3.07. The number of benzene rings is 1. The number of urea groups is 1. The van der Waals surface area contributed by atoms with E-state index < -0.39 is 0 Å². The fraction of sp³-hybridized carbons (Fsp3) is 0.579. The van der Waals surface area contributed by atoms with Crippen molar-refractivity contribution in [3.8, 4) is 0 Å². The summed E-state index contributed by atoms with van der Waals surface area (Å²) in [6.45, 7) is 6.26. The van der Waals surface area contributed by atoms with Gasteiger partial charge in [0.25, 0.3) is 5.91 Å². The van der Waals surface area contributed by atoms with E-state index >= 15 is 0 Å². The van der Waals surface area contributed by atoms with Gasteiger partial charge in [0.1, 0.15) is 0 Å². The molecular formula is C19H29ClN4O3. The number of ether oxygens (including phenoxy) is 1. The van der Waals surface area contributed by atoms with Crippen molar-refractivity contribution in [2.45, 2.75) is 19.8 Å². The summed E-state index contributed by atoms with van der Waals surface area (Å²) in [5.74, 6) is -0.0991. The molecule has 8 heteroatoms. The zero-order chi connectivity index (χ0) is 18.6. The molecule has 0 bridgehead atoms. The van der Waals surface area contributed by atoms with Crippen molar-refractivity contribution in [2.75, 3.05) is 51.3 Å². The molecule has 3 amide bonds. The third kappa shape index (κ3) is 4.72. The van der Waals surface area contributed by atoms with E-state index in [0.29, 0.717) is 31.8 Å². The molecule has 2 saturated heterocycles. The van der Waals surface area contributed by atoms with Gasteiger partial charge in [-0.3, -0.25) is 9.69 Å². The molecule has 0 aromatic heterocycles. The fourth-order valence-electron chi connectivity index (χ4n) is 3.86.